The van der Waals surface area contributed by atoms with Crippen LogP contribution in [-0.2, 0) is 28.6 Å². The lowest BCUT2D eigenvalue weighted by atomic mass is 10.1. The summed E-state index contributed by atoms with van der Waals surface area (Å²) in [5, 5.41) is 0. The molecule has 1 atom stereocenters. The first-order valence-electron chi connectivity index (χ1n) is 30.7. The van der Waals surface area contributed by atoms with Crippen LogP contribution >= 0.6 is 0 Å². The summed E-state index contributed by atoms with van der Waals surface area (Å²) in [5.41, 5.74) is 0. The van der Waals surface area contributed by atoms with E-state index in [-0.39, 0.29) is 31.1 Å². The van der Waals surface area contributed by atoms with E-state index in [1.807, 2.05) is 0 Å². The number of hydrogen-bond acceptors (Lipinski definition) is 6. The van der Waals surface area contributed by atoms with E-state index >= 15 is 0 Å². The van der Waals surface area contributed by atoms with Gasteiger partial charge in [0.2, 0.25) is 0 Å². The Morgan fingerprint density at radius 2 is 0.534 bits per heavy atom. The molecule has 0 rings (SSSR count). The normalized spacial score (nSPS) is 12.8. The van der Waals surface area contributed by atoms with Crippen LogP contribution in [0.15, 0.2) is 97.2 Å². The highest BCUT2D eigenvalue weighted by atomic mass is 16.6. The molecule has 0 saturated heterocycles. The molecular weight excluding hydrogens is 901 g/mol. The number of esters is 3. The van der Waals surface area contributed by atoms with Crippen molar-refractivity contribution in [1.29, 1.82) is 0 Å². The Labute approximate surface area is 451 Å². The predicted octanol–water partition coefficient (Wildman–Crippen LogP) is 20.9. The molecule has 0 radical (unpaired) electrons. The van der Waals surface area contributed by atoms with Gasteiger partial charge in [-0.2, -0.15) is 0 Å². The highest BCUT2D eigenvalue weighted by Gasteiger charge is 2.19. The van der Waals surface area contributed by atoms with Crippen LogP contribution in [0, 0.1) is 0 Å². The van der Waals surface area contributed by atoms with Gasteiger partial charge in [-0.1, -0.05) is 246 Å². The molecule has 418 valence electrons. The molecule has 0 fully saturated rings. The summed E-state index contributed by atoms with van der Waals surface area (Å²) in [4.78, 5) is 38.3. The third kappa shape index (κ3) is 59.1. The van der Waals surface area contributed by atoms with E-state index in [1.54, 1.807) is 0 Å². The molecule has 0 aromatic rings. The smallest absolute Gasteiger partial charge is 0.306 e. The van der Waals surface area contributed by atoms with Gasteiger partial charge in [-0.15, -0.1) is 0 Å². The van der Waals surface area contributed by atoms with Crippen LogP contribution < -0.4 is 0 Å². The van der Waals surface area contributed by atoms with Crippen molar-refractivity contribution in [1.82, 2.24) is 0 Å². The van der Waals surface area contributed by atoms with E-state index in [2.05, 4.69) is 118 Å². The molecule has 0 saturated carbocycles. The number of hydrogen-bond donors (Lipinski definition) is 0. The fourth-order valence-electron chi connectivity index (χ4n) is 8.44. The van der Waals surface area contributed by atoms with E-state index in [4.69, 9.17) is 14.2 Å². The summed E-state index contributed by atoms with van der Waals surface area (Å²) in [7, 11) is 0. The molecule has 0 heterocycles. The minimum Gasteiger partial charge on any atom is -0.462 e. The van der Waals surface area contributed by atoms with E-state index < -0.39 is 6.10 Å². The summed E-state index contributed by atoms with van der Waals surface area (Å²) < 4.78 is 16.9. The molecule has 0 N–H and O–H groups in total. The first-order chi connectivity index (χ1) is 36.0. The first-order valence-corrected chi connectivity index (χ1v) is 30.7. The van der Waals surface area contributed by atoms with Crippen LogP contribution in [0.2, 0.25) is 0 Å². The maximum Gasteiger partial charge on any atom is 0.306 e. The van der Waals surface area contributed by atoms with E-state index in [1.165, 1.54) is 148 Å². The van der Waals surface area contributed by atoms with Gasteiger partial charge < -0.3 is 14.2 Å². The fraction of sp³-hybridized carbons (Fsp3) is 0.716. The molecule has 73 heavy (non-hydrogen) atoms. The maximum absolute atomic E-state index is 12.9. The molecule has 0 aliphatic heterocycles. The van der Waals surface area contributed by atoms with Crippen molar-refractivity contribution in [2.24, 2.45) is 0 Å². The topological polar surface area (TPSA) is 78.9 Å². The van der Waals surface area contributed by atoms with Gasteiger partial charge >= 0.3 is 17.9 Å². The number of unbranched alkanes of at least 4 members (excludes halogenated alkanes) is 28. The zero-order valence-electron chi connectivity index (χ0n) is 47.9. The van der Waals surface area contributed by atoms with E-state index in [0.29, 0.717) is 19.3 Å². The maximum atomic E-state index is 12.9. The number of carbonyl (C=O) groups is 3. The second kappa shape index (κ2) is 60.9. The molecule has 0 aromatic carbocycles. The molecule has 0 bridgehead atoms. The lowest BCUT2D eigenvalue weighted by Gasteiger charge is -2.18. The van der Waals surface area contributed by atoms with Crippen molar-refractivity contribution in [3.63, 3.8) is 0 Å². The average Bonchev–Trinajstić information content (AvgIpc) is 3.39. The minimum absolute atomic E-state index is 0.0920. The number of allylic oxidation sites excluding steroid dienone is 16. The Kier molecular flexibility index (Phi) is 57.8. The molecular formula is C67H114O6. The fourth-order valence-corrected chi connectivity index (χ4v) is 8.44. The first kappa shape index (κ1) is 69.3. The van der Waals surface area contributed by atoms with Crippen molar-refractivity contribution < 1.29 is 28.6 Å². The van der Waals surface area contributed by atoms with Crippen LogP contribution in [0.3, 0.4) is 0 Å². The highest BCUT2D eigenvalue weighted by molar-refractivity contribution is 5.71. The van der Waals surface area contributed by atoms with Gasteiger partial charge in [-0.25, -0.2) is 0 Å². The van der Waals surface area contributed by atoms with Crippen LogP contribution in [0.5, 0.6) is 0 Å². The van der Waals surface area contributed by atoms with Crippen molar-refractivity contribution in [2.45, 2.75) is 297 Å². The van der Waals surface area contributed by atoms with Gasteiger partial charge in [0.25, 0.3) is 0 Å². The largest absolute Gasteiger partial charge is 0.462 e. The number of ether oxygens (including phenoxy) is 3. The Morgan fingerprint density at radius 3 is 0.890 bits per heavy atom. The van der Waals surface area contributed by atoms with Gasteiger partial charge in [0.1, 0.15) is 13.2 Å². The van der Waals surface area contributed by atoms with Gasteiger partial charge in [-0.05, 0) is 122 Å². The molecule has 0 aliphatic carbocycles. The molecule has 0 amide bonds. The SMILES string of the molecule is CC/C=C\C/C=C\C/C=C\C/C=C\C/C=C\CCCCCC(=O)OC[C@H](COC(=O)CCCCCCCCCCC/C=C\C/C=C\CCCCC)OC(=O)CCCCCCCCC/C=C\CCCCCCCC. The molecule has 0 aliphatic rings. The standard InChI is InChI=1S/C67H114O6/c1-4-7-10-13-16-19-22-25-28-31-33-36-38-41-44-47-50-53-56-59-65(68)71-62-64(73-67(70)61-58-55-52-49-46-43-40-35-30-27-24-21-18-15-12-9-6-3)63-72-66(69)60-57-54-51-48-45-42-39-37-34-32-29-26-23-20-17-14-11-8-5-2/h7,10,16-17,19-20,25-30,33,36,41,44,64H,4-6,8-9,11-15,18,21-24,31-32,34-35,37-40,42-43,45-63H2,1-3H3/b10-7-,19-16-,20-17-,28-25-,29-26-,30-27-,36-33-,44-41-/t64-/m1/s1. The molecule has 0 spiro atoms. The third-order valence-electron chi connectivity index (χ3n) is 13.0. The lowest BCUT2D eigenvalue weighted by molar-refractivity contribution is -0.167. The van der Waals surface area contributed by atoms with Gasteiger partial charge in [0, 0.05) is 19.3 Å². The Bertz CT molecular complexity index is 1440. The predicted molar refractivity (Wildman–Crippen MR) is 316 cm³/mol. The van der Waals surface area contributed by atoms with Gasteiger partial charge in [-0.3, -0.25) is 14.4 Å². The Morgan fingerprint density at radius 1 is 0.288 bits per heavy atom. The monoisotopic (exact) mass is 1010 g/mol. The molecule has 0 aromatic heterocycles. The lowest BCUT2D eigenvalue weighted by Crippen LogP contribution is -2.30. The van der Waals surface area contributed by atoms with Gasteiger partial charge in [0.15, 0.2) is 6.10 Å². The molecule has 0 unspecified atom stereocenters. The van der Waals surface area contributed by atoms with Crippen molar-refractivity contribution in [3.8, 4) is 0 Å². The van der Waals surface area contributed by atoms with E-state index in [9.17, 15) is 14.4 Å². The summed E-state index contributed by atoms with van der Waals surface area (Å²) in [5.74, 6) is -0.926. The quantitative estimate of drug-likeness (QED) is 0.0261. The number of carbonyl (C=O) groups excluding carboxylic acids is 3. The zero-order chi connectivity index (χ0) is 52.9. The van der Waals surface area contributed by atoms with Crippen LogP contribution in [0.1, 0.15) is 290 Å². The third-order valence-corrected chi connectivity index (χ3v) is 13.0. The van der Waals surface area contributed by atoms with Gasteiger partial charge in [0.05, 0.1) is 0 Å². The van der Waals surface area contributed by atoms with Crippen LogP contribution in [-0.4, -0.2) is 37.2 Å². The van der Waals surface area contributed by atoms with Crippen molar-refractivity contribution in [2.75, 3.05) is 13.2 Å². The molecule has 6 nitrogen and oxygen atoms in total. The Balaban J connectivity index is 4.45. The van der Waals surface area contributed by atoms with Crippen LogP contribution in [0.4, 0.5) is 0 Å². The van der Waals surface area contributed by atoms with Crippen molar-refractivity contribution >= 4 is 17.9 Å². The van der Waals surface area contributed by atoms with Crippen molar-refractivity contribution in [3.05, 3.63) is 97.2 Å². The Hall–Kier alpha value is -3.67. The second-order valence-electron chi connectivity index (χ2n) is 20.2. The second-order valence-corrected chi connectivity index (χ2v) is 20.2. The average molecular weight is 1020 g/mol. The summed E-state index contributed by atoms with van der Waals surface area (Å²) >= 11 is 0. The highest BCUT2D eigenvalue weighted by Crippen LogP contribution is 2.15. The minimum atomic E-state index is -0.797. The summed E-state index contributed by atoms with van der Waals surface area (Å²) in [6.45, 7) is 6.48. The molecule has 6 heteroatoms. The summed E-state index contributed by atoms with van der Waals surface area (Å²) in [6.07, 6.45) is 81.1. The van der Waals surface area contributed by atoms with E-state index in [0.717, 1.165) is 103 Å². The number of rotatable bonds is 55. The zero-order valence-corrected chi connectivity index (χ0v) is 47.9. The van der Waals surface area contributed by atoms with Crippen LogP contribution in [0.25, 0.3) is 0 Å². The summed E-state index contributed by atoms with van der Waals surface area (Å²) in [6, 6.07) is 0.